The fraction of sp³-hybridized carbons (Fsp3) is 0.467. The number of benzene rings is 1. The third-order valence-electron chi connectivity index (χ3n) is 3.32. The lowest BCUT2D eigenvalue weighted by Gasteiger charge is -2.29. The molecule has 0 N–H and O–H groups in total. The van der Waals surface area contributed by atoms with E-state index in [-0.39, 0.29) is 5.91 Å². The Morgan fingerprint density at radius 3 is 2.71 bits per heavy atom. The van der Waals surface area contributed by atoms with Gasteiger partial charge in [-0.25, -0.2) is 0 Å². The van der Waals surface area contributed by atoms with Crippen molar-refractivity contribution in [3.8, 4) is 11.5 Å². The summed E-state index contributed by atoms with van der Waals surface area (Å²) in [4.78, 5) is 25.1. The third kappa shape index (κ3) is 3.52. The number of para-hydroxylation sites is 1. The maximum absolute atomic E-state index is 12.3. The molecule has 1 heterocycles. The van der Waals surface area contributed by atoms with Crippen molar-refractivity contribution >= 4 is 12.2 Å². The highest BCUT2D eigenvalue weighted by molar-refractivity contribution is 5.83. The summed E-state index contributed by atoms with van der Waals surface area (Å²) in [6.45, 7) is 3.84. The van der Waals surface area contributed by atoms with Crippen LogP contribution in [0.3, 0.4) is 0 Å². The Morgan fingerprint density at radius 2 is 2.10 bits per heavy atom. The highest BCUT2D eigenvalue weighted by Crippen LogP contribution is 2.31. The first-order valence-corrected chi connectivity index (χ1v) is 6.82. The SMILES string of the molecule is COc1cccc(C=O)c1OC(C)C(=O)N1CCOCC1. The van der Waals surface area contributed by atoms with E-state index < -0.39 is 6.10 Å². The number of amides is 1. The molecule has 1 fully saturated rings. The van der Waals surface area contributed by atoms with Gasteiger partial charge in [-0.3, -0.25) is 9.59 Å². The smallest absolute Gasteiger partial charge is 0.263 e. The molecule has 2 rings (SSSR count). The Hall–Kier alpha value is -2.08. The maximum Gasteiger partial charge on any atom is 0.263 e. The average molecular weight is 293 g/mol. The summed E-state index contributed by atoms with van der Waals surface area (Å²) in [5.74, 6) is 0.603. The fourth-order valence-corrected chi connectivity index (χ4v) is 2.18. The van der Waals surface area contributed by atoms with Crippen LogP contribution in [0.15, 0.2) is 18.2 Å². The zero-order valence-electron chi connectivity index (χ0n) is 12.2. The van der Waals surface area contributed by atoms with Gasteiger partial charge in [-0.05, 0) is 19.1 Å². The Labute approximate surface area is 123 Å². The molecule has 1 saturated heterocycles. The molecule has 6 nitrogen and oxygen atoms in total. The summed E-state index contributed by atoms with van der Waals surface area (Å²) in [6, 6.07) is 5.01. The normalized spacial score (nSPS) is 16.2. The van der Waals surface area contributed by atoms with Crippen LogP contribution in [-0.2, 0) is 9.53 Å². The third-order valence-corrected chi connectivity index (χ3v) is 3.32. The summed E-state index contributed by atoms with van der Waals surface area (Å²) in [6.07, 6.45) is -0.0119. The highest BCUT2D eigenvalue weighted by atomic mass is 16.5. The number of ether oxygens (including phenoxy) is 3. The Kier molecular flexibility index (Phi) is 5.16. The molecule has 21 heavy (non-hydrogen) atoms. The minimum atomic E-state index is -0.696. The van der Waals surface area contributed by atoms with Crippen LogP contribution >= 0.6 is 0 Å². The molecule has 1 aliphatic heterocycles. The molecule has 1 aliphatic rings. The average Bonchev–Trinajstić information content (AvgIpc) is 2.55. The molecular formula is C15H19NO5. The molecule has 6 heteroatoms. The standard InChI is InChI=1S/C15H19NO5/c1-11(15(18)16-6-8-20-9-7-16)21-14-12(10-17)4-3-5-13(14)19-2/h3-5,10-11H,6-9H2,1-2H3. The van der Waals surface area contributed by atoms with Crippen LogP contribution in [-0.4, -0.2) is 56.6 Å². The summed E-state index contributed by atoms with van der Waals surface area (Å²) >= 11 is 0. The first kappa shape index (κ1) is 15.3. The lowest BCUT2D eigenvalue weighted by Crippen LogP contribution is -2.46. The monoisotopic (exact) mass is 293 g/mol. The van der Waals surface area contributed by atoms with Gasteiger partial charge in [-0.1, -0.05) is 6.07 Å². The number of hydrogen-bond acceptors (Lipinski definition) is 5. The predicted molar refractivity (Wildman–Crippen MR) is 75.9 cm³/mol. The van der Waals surface area contributed by atoms with Gasteiger partial charge >= 0.3 is 0 Å². The quantitative estimate of drug-likeness (QED) is 0.762. The molecule has 1 amide bonds. The second-order valence-electron chi connectivity index (χ2n) is 4.69. The molecule has 114 valence electrons. The molecule has 1 aromatic carbocycles. The van der Waals surface area contributed by atoms with Crippen molar-refractivity contribution in [1.29, 1.82) is 0 Å². The number of hydrogen-bond donors (Lipinski definition) is 0. The minimum absolute atomic E-state index is 0.124. The lowest BCUT2D eigenvalue weighted by molar-refractivity contribution is -0.142. The Bertz CT molecular complexity index is 511. The lowest BCUT2D eigenvalue weighted by atomic mass is 10.2. The van der Waals surface area contributed by atoms with Gasteiger partial charge in [0.2, 0.25) is 0 Å². The topological polar surface area (TPSA) is 65.1 Å². The van der Waals surface area contributed by atoms with Crippen LogP contribution in [0, 0.1) is 0 Å². The molecule has 0 spiro atoms. The molecule has 0 radical (unpaired) electrons. The van der Waals surface area contributed by atoms with Gasteiger partial charge in [0.15, 0.2) is 23.9 Å². The highest BCUT2D eigenvalue weighted by Gasteiger charge is 2.25. The number of nitrogens with zero attached hydrogens (tertiary/aromatic N) is 1. The van der Waals surface area contributed by atoms with Crippen molar-refractivity contribution < 1.29 is 23.8 Å². The molecule has 1 atom stereocenters. The van der Waals surface area contributed by atoms with Crippen molar-refractivity contribution in [2.24, 2.45) is 0 Å². The molecule has 1 aromatic rings. The van der Waals surface area contributed by atoms with Crippen LogP contribution in [0.1, 0.15) is 17.3 Å². The van der Waals surface area contributed by atoms with Gasteiger partial charge in [0.05, 0.1) is 25.9 Å². The van der Waals surface area contributed by atoms with E-state index in [0.29, 0.717) is 49.7 Å². The number of rotatable bonds is 5. The van der Waals surface area contributed by atoms with E-state index in [1.165, 1.54) is 7.11 Å². The van der Waals surface area contributed by atoms with E-state index in [1.807, 2.05) is 0 Å². The maximum atomic E-state index is 12.3. The van der Waals surface area contributed by atoms with Crippen LogP contribution in [0.2, 0.25) is 0 Å². The summed E-state index contributed by atoms with van der Waals surface area (Å²) in [7, 11) is 1.49. The van der Waals surface area contributed by atoms with Gasteiger partial charge in [-0.15, -0.1) is 0 Å². The van der Waals surface area contributed by atoms with Crippen molar-refractivity contribution in [2.75, 3.05) is 33.4 Å². The fourth-order valence-electron chi connectivity index (χ4n) is 2.18. The number of aldehydes is 1. The zero-order valence-corrected chi connectivity index (χ0v) is 12.2. The molecular weight excluding hydrogens is 274 g/mol. The van der Waals surface area contributed by atoms with Crippen molar-refractivity contribution in [1.82, 2.24) is 4.90 Å². The molecule has 0 aromatic heterocycles. The van der Waals surface area contributed by atoms with Crippen LogP contribution in [0.25, 0.3) is 0 Å². The van der Waals surface area contributed by atoms with E-state index in [0.717, 1.165) is 0 Å². The first-order chi connectivity index (χ1) is 10.2. The number of carbonyl (C=O) groups is 2. The molecule has 0 saturated carbocycles. The molecule has 1 unspecified atom stereocenters. The minimum Gasteiger partial charge on any atom is -0.493 e. The van der Waals surface area contributed by atoms with E-state index in [4.69, 9.17) is 14.2 Å². The van der Waals surface area contributed by atoms with E-state index >= 15 is 0 Å². The second kappa shape index (κ2) is 7.08. The first-order valence-electron chi connectivity index (χ1n) is 6.82. The number of methoxy groups -OCH3 is 1. The van der Waals surface area contributed by atoms with E-state index in [2.05, 4.69) is 0 Å². The summed E-state index contributed by atoms with van der Waals surface area (Å²) in [5.41, 5.74) is 0.357. The Morgan fingerprint density at radius 1 is 1.38 bits per heavy atom. The zero-order chi connectivity index (χ0) is 15.2. The van der Waals surface area contributed by atoms with Crippen LogP contribution in [0.5, 0.6) is 11.5 Å². The summed E-state index contributed by atoms with van der Waals surface area (Å²) in [5, 5.41) is 0. The van der Waals surface area contributed by atoms with Gasteiger partial charge in [0.25, 0.3) is 5.91 Å². The summed E-state index contributed by atoms with van der Waals surface area (Å²) < 4.78 is 16.1. The van der Waals surface area contributed by atoms with E-state index in [1.54, 1.807) is 30.0 Å². The van der Waals surface area contributed by atoms with Crippen LogP contribution in [0.4, 0.5) is 0 Å². The molecule has 0 aliphatic carbocycles. The predicted octanol–water partition coefficient (Wildman–Crippen LogP) is 1.13. The van der Waals surface area contributed by atoms with Crippen molar-refractivity contribution in [3.63, 3.8) is 0 Å². The number of carbonyl (C=O) groups excluding carboxylic acids is 2. The largest absolute Gasteiger partial charge is 0.493 e. The number of morpholine rings is 1. The van der Waals surface area contributed by atoms with E-state index in [9.17, 15) is 9.59 Å². The van der Waals surface area contributed by atoms with Crippen molar-refractivity contribution in [2.45, 2.75) is 13.0 Å². The van der Waals surface area contributed by atoms with Gasteiger partial charge in [-0.2, -0.15) is 0 Å². The molecule has 0 bridgehead atoms. The van der Waals surface area contributed by atoms with Crippen molar-refractivity contribution in [3.05, 3.63) is 23.8 Å². The van der Waals surface area contributed by atoms with Gasteiger partial charge < -0.3 is 19.1 Å². The Balaban J connectivity index is 2.13. The van der Waals surface area contributed by atoms with Crippen LogP contribution < -0.4 is 9.47 Å². The van der Waals surface area contributed by atoms with Gasteiger partial charge in [0.1, 0.15) is 0 Å². The van der Waals surface area contributed by atoms with Gasteiger partial charge in [0, 0.05) is 13.1 Å². The second-order valence-corrected chi connectivity index (χ2v) is 4.69.